The van der Waals surface area contributed by atoms with Gasteiger partial charge in [0.1, 0.15) is 11.5 Å². The molecule has 0 aromatic heterocycles. The third-order valence-electron chi connectivity index (χ3n) is 5.16. The zero-order valence-corrected chi connectivity index (χ0v) is 16.1. The number of likely N-dealkylation sites (tertiary alicyclic amines) is 1. The number of hydrogen-bond acceptors (Lipinski definition) is 5. The number of piperidine rings is 1. The van der Waals surface area contributed by atoms with Gasteiger partial charge in [-0.3, -0.25) is 9.69 Å². The number of anilines is 1. The Kier molecular flexibility index (Phi) is 5.62. The lowest BCUT2D eigenvalue weighted by atomic mass is 10.0. The largest absolute Gasteiger partial charge is 0.457 e. The van der Waals surface area contributed by atoms with Crippen LogP contribution in [0.15, 0.2) is 48.5 Å². The molecule has 1 spiro atoms. The Bertz CT molecular complexity index is 806. The number of amides is 1. The van der Waals surface area contributed by atoms with Crippen LogP contribution < -0.4 is 10.1 Å². The average Bonchev–Trinajstić information content (AvgIpc) is 3.14. The summed E-state index contributed by atoms with van der Waals surface area (Å²) < 4.78 is 17.3. The molecule has 1 amide bonds. The summed E-state index contributed by atoms with van der Waals surface area (Å²) in [6, 6.07) is 15.3. The van der Waals surface area contributed by atoms with E-state index >= 15 is 0 Å². The number of aryl methyl sites for hydroxylation is 1. The van der Waals surface area contributed by atoms with E-state index in [1.807, 2.05) is 55.5 Å². The lowest BCUT2D eigenvalue weighted by Gasteiger charge is -2.37. The minimum atomic E-state index is -0.403. The molecule has 0 bridgehead atoms. The molecule has 0 saturated carbocycles. The van der Waals surface area contributed by atoms with Crippen molar-refractivity contribution >= 4 is 11.6 Å². The van der Waals surface area contributed by atoms with Gasteiger partial charge in [0.25, 0.3) is 0 Å². The fourth-order valence-electron chi connectivity index (χ4n) is 3.66. The molecule has 1 N–H and O–H groups in total. The summed E-state index contributed by atoms with van der Waals surface area (Å²) in [5.41, 5.74) is 1.91. The van der Waals surface area contributed by atoms with Crippen molar-refractivity contribution < 1.29 is 19.0 Å². The van der Waals surface area contributed by atoms with Gasteiger partial charge in [-0.25, -0.2) is 0 Å². The van der Waals surface area contributed by atoms with Crippen LogP contribution in [0.3, 0.4) is 0 Å². The molecule has 2 aliphatic heterocycles. The number of ether oxygens (including phenoxy) is 3. The van der Waals surface area contributed by atoms with E-state index in [0.29, 0.717) is 19.8 Å². The van der Waals surface area contributed by atoms with Crippen LogP contribution >= 0.6 is 0 Å². The third-order valence-corrected chi connectivity index (χ3v) is 5.16. The maximum absolute atomic E-state index is 12.4. The molecular formula is C22H26N2O4. The normalized spacial score (nSPS) is 18.9. The maximum Gasteiger partial charge on any atom is 0.238 e. The quantitative estimate of drug-likeness (QED) is 0.857. The number of rotatable bonds is 5. The SMILES string of the molecule is Cc1cccc(Oc2ccc(NC(=O)CN3CCC4(CC3)OCCO4)cc2)c1. The van der Waals surface area contributed by atoms with Crippen molar-refractivity contribution in [3.8, 4) is 11.5 Å². The van der Waals surface area contributed by atoms with Crippen molar-refractivity contribution in [2.45, 2.75) is 25.6 Å². The first-order valence-corrected chi connectivity index (χ1v) is 9.75. The average molecular weight is 382 g/mol. The first kappa shape index (κ1) is 18.9. The summed E-state index contributed by atoms with van der Waals surface area (Å²) in [6.45, 7) is 5.35. The number of nitrogens with zero attached hydrogens (tertiary/aromatic N) is 1. The molecule has 2 fully saturated rings. The Hall–Kier alpha value is -2.41. The summed E-state index contributed by atoms with van der Waals surface area (Å²) >= 11 is 0. The smallest absolute Gasteiger partial charge is 0.238 e. The Morgan fingerprint density at radius 1 is 1.07 bits per heavy atom. The summed E-state index contributed by atoms with van der Waals surface area (Å²) in [5.74, 6) is 1.12. The van der Waals surface area contributed by atoms with Gasteiger partial charge < -0.3 is 19.5 Å². The topological polar surface area (TPSA) is 60.0 Å². The number of carbonyl (C=O) groups is 1. The van der Waals surface area contributed by atoms with Gasteiger partial charge in [-0.1, -0.05) is 12.1 Å². The molecule has 0 aliphatic carbocycles. The highest BCUT2D eigenvalue weighted by atomic mass is 16.7. The van der Waals surface area contributed by atoms with E-state index in [9.17, 15) is 4.79 Å². The molecule has 2 aliphatic rings. The molecule has 0 radical (unpaired) electrons. The van der Waals surface area contributed by atoms with Crippen molar-refractivity contribution in [3.05, 3.63) is 54.1 Å². The number of nitrogens with one attached hydrogen (secondary N) is 1. The Morgan fingerprint density at radius 3 is 2.46 bits per heavy atom. The lowest BCUT2D eigenvalue weighted by Crippen LogP contribution is -2.47. The molecule has 0 unspecified atom stereocenters. The summed E-state index contributed by atoms with van der Waals surface area (Å²) in [4.78, 5) is 14.5. The third kappa shape index (κ3) is 4.70. The van der Waals surface area contributed by atoms with Crippen LogP contribution in [0, 0.1) is 6.92 Å². The number of carbonyl (C=O) groups excluding carboxylic acids is 1. The van der Waals surface area contributed by atoms with E-state index in [1.54, 1.807) is 0 Å². The number of benzene rings is 2. The van der Waals surface area contributed by atoms with Gasteiger partial charge in [0.2, 0.25) is 5.91 Å². The molecule has 148 valence electrons. The molecule has 6 heteroatoms. The minimum Gasteiger partial charge on any atom is -0.457 e. The first-order valence-electron chi connectivity index (χ1n) is 9.75. The zero-order valence-electron chi connectivity index (χ0n) is 16.1. The van der Waals surface area contributed by atoms with Gasteiger partial charge in [0.05, 0.1) is 19.8 Å². The van der Waals surface area contributed by atoms with E-state index in [4.69, 9.17) is 14.2 Å². The molecular weight excluding hydrogens is 356 g/mol. The van der Waals surface area contributed by atoms with Crippen LogP contribution in [0.2, 0.25) is 0 Å². The fourth-order valence-corrected chi connectivity index (χ4v) is 3.66. The zero-order chi connectivity index (χ0) is 19.4. The molecule has 4 rings (SSSR count). The highest BCUT2D eigenvalue weighted by Gasteiger charge is 2.39. The predicted molar refractivity (Wildman–Crippen MR) is 107 cm³/mol. The van der Waals surface area contributed by atoms with Crippen molar-refractivity contribution in [2.24, 2.45) is 0 Å². The Morgan fingerprint density at radius 2 is 1.79 bits per heavy atom. The van der Waals surface area contributed by atoms with Gasteiger partial charge in [-0.2, -0.15) is 0 Å². The Labute approximate surface area is 165 Å². The van der Waals surface area contributed by atoms with Gasteiger partial charge in [-0.05, 0) is 48.9 Å². The van der Waals surface area contributed by atoms with Crippen LogP contribution in [-0.2, 0) is 14.3 Å². The second-order valence-electron chi connectivity index (χ2n) is 7.37. The monoisotopic (exact) mass is 382 g/mol. The van der Waals surface area contributed by atoms with Crippen molar-refractivity contribution in [1.29, 1.82) is 0 Å². The molecule has 28 heavy (non-hydrogen) atoms. The van der Waals surface area contributed by atoms with E-state index in [2.05, 4.69) is 10.2 Å². The van der Waals surface area contributed by atoms with Gasteiger partial charge in [0, 0.05) is 31.6 Å². The lowest BCUT2D eigenvalue weighted by molar-refractivity contribution is -0.185. The van der Waals surface area contributed by atoms with E-state index in [0.717, 1.165) is 48.7 Å². The van der Waals surface area contributed by atoms with E-state index in [1.165, 1.54) is 0 Å². The minimum absolute atomic E-state index is 0.0171. The summed E-state index contributed by atoms with van der Waals surface area (Å²) in [5, 5.41) is 2.95. The number of hydrogen-bond donors (Lipinski definition) is 1. The van der Waals surface area contributed by atoms with Crippen LogP contribution in [0.5, 0.6) is 11.5 Å². The van der Waals surface area contributed by atoms with Crippen molar-refractivity contribution in [3.63, 3.8) is 0 Å². The highest BCUT2D eigenvalue weighted by Crippen LogP contribution is 2.31. The van der Waals surface area contributed by atoms with Gasteiger partial charge in [-0.15, -0.1) is 0 Å². The maximum atomic E-state index is 12.4. The first-order chi connectivity index (χ1) is 13.6. The van der Waals surface area contributed by atoms with E-state index < -0.39 is 5.79 Å². The van der Waals surface area contributed by atoms with Crippen LogP contribution in [0.1, 0.15) is 18.4 Å². The van der Waals surface area contributed by atoms with Crippen molar-refractivity contribution in [2.75, 3.05) is 38.2 Å². The summed E-state index contributed by atoms with van der Waals surface area (Å²) in [7, 11) is 0. The predicted octanol–water partition coefficient (Wildman–Crippen LogP) is 3.56. The second-order valence-corrected chi connectivity index (χ2v) is 7.37. The van der Waals surface area contributed by atoms with Crippen molar-refractivity contribution in [1.82, 2.24) is 4.90 Å². The van der Waals surface area contributed by atoms with E-state index in [-0.39, 0.29) is 5.91 Å². The molecule has 2 aromatic rings. The van der Waals surface area contributed by atoms with Crippen LogP contribution in [0.4, 0.5) is 5.69 Å². The molecule has 0 atom stereocenters. The van der Waals surface area contributed by atoms with Crippen LogP contribution in [0.25, 0.3) is 0 Å². The molecule has 2 saturated heterocycles. The summed E-state index contributed by atoms with van der Waals surface area (Å²) in [6.07, 6.45) is 1.62. The van der Waals surface area contributed by atoms with Gasteiger partial charge >= 0.3 is 0 Å². The molecule has 2 aromatic carbocycles. The second kappa shape index (κ2) is 8.31. The Balaban J connectivity index is 1.25. The standard InChI is InChI=1S/C22H26N2O4/c1-17-3-2-4-20(15-17)28-19-7-5-18(6-8-19)23-21(25)16-24-11-9-22(10-12-24)26-13-14-27-22/h2-8,15H,9-14,16H2,1H3,(H,23,25). The molecule has 2 heterocycles. The van der Waals surface area contributed by atoms with Crippen LogP contribution in [-0.4, -0.2) is 49.4 Å². The fraction of sp³-hybridized carbons (Fsp3) is 0.409. The highest BCUT2D eigenvalue weighted by molar-refractivity contribution is 5.92. The molecule has 6 nitrogen and oxygen atoms in total. The van der Waals surface area contributed by atoms with Gasteiger partial charge in [0.15, 0.2) is 5.79 Å².